The number of hydrogen-bond acceptors (Lipinski definition) is 5. The van der Waals surface area contributed by atoms with Crippen LogP contribution in [0.25, 0.3) is 0 Å². The molecule has 0 atom stereocenters. The van der Waals surface area contributed by atoms with Crippen molar-refractivity contribution in [3.63, 3.8) is 0 Å². The second kappa shape index (κ2) is 10.1. The molecule has 2 N–H and O–H groups in total. The Kier molecular flexibility index (Phi) is 6.60. The summed E-state index contributed by atoms with van der Waals surface area (Å²) < 4.78 is 5.74. The summed E-state index contributed by atoms with van der Waals surface area (Å²) in [5.74, 6) is 0.567. The summed E-state index contributed by atoms with van der Waals surface area (Å²) in [7, 11) is 0. The Labute approximate surface area is 195 Å². The lowest BCUT2D eigenvalue weighted by atomic mass is 10.1. The first-order valence-electron chi connectivity index (χ1n) is 10.3. The van der Waals surface area contributed by atoms with Gasteiger partial charge in [-0.15, -0.1) is 0 Å². The SMILES string of the molecule is O=C(Nc1ccc(Oc2ccccc2)cc1)c1ccc(NC(=O)c2cccc([N+](=O)[O-])c2)cc1. The Bertz CT molecular complexity index is 1320. The molecule has 0 saturated heterocycles. The van der Waals surface area contributed by atoms with E-state index in [0.29, 0.717) is 22.7 Å². The maximum atomic E-state index is 12.6. The zero-order valence-corrected chi connectivity index (χ0v) is 17.8. The molecule has 34 heavy (non-hydrogen) atoms. The number of amides is 2. The number of nitro benzene ring substituents is 1. The van der Waals surface area contributed by atoms with E-state index in [1.807, 2.05) is 30.3 Å². The molecule has 0 aliphatic carbocycles. The summed E-state index contributed by atoms with van der Waals surface area (Å²) in [6.07, 6.45) is 0. The molecular weight excluding hydrogens is 434 g/mol. The average Bonchev–Trinajstić information content (AvgIpc) is 2.86. The summed E-state index contributed by atoms with van der Waals surface area (Å²) in [6, 6.07) is 28.1. The molecule has 0 fully saturated rings. The van der Waals surface area contributed by atoms with Gasteiger partial charge in [0, 0.05) is 34.6 Å². The first-order valence-corrected chi connectivity index (χ1v) is 10.3. The molecule has 0 aliphatic rings. The smallest absolute Gasteiger partial charge is 0.270 e. The molecule has 0 unspecified atom stereocenters. The van der Waals surface area contributed by atoms with Gasteiger partial charge in [0.15, 0.2) is 0 Å². The fraction of sp³-hybridized carbons (Fsp3) is 0. The largest absolute Gasteiger partial charge is 0.457 e. The number of carbonyl (C=O) groups is 2. The highest BCUT2D eigenvalue weighted by Crippen LogP contribution is 2.23. The maximum Gasteiger partial charge on any atom is 0.270 e. The molecule has 8 nitrogen and oxygen atoms in total. The van der Waals surface area contributed by atoms with Crippen molar-refractivity contribution in [3.05, 3.63) is 124 Å². The average molecular weight is 453 g/mol. The number of hydrogen-bond donors (Lipinski definition) is 2. The van der Waals surface area contributed by atoms with Crippen molar-refractivity contribution in [1.82, 2.24) is 0 Å². The molecule has 168 valence electrons. The molecule has 4 aromatic rings. The number of benzene rings is 4. The number of anilines is 2. The Morgan fingerprint density at radius 3 is 1.82 bits per heavy atom. The summed E-state index contributed by atoms with van der Waals surface area (Å²) in [4.78, 5) is 35.2. The van der Waals surface area contributed by atoms with Crippen LogP contribution in [-0.4, -0.2) is 16.7 Å². The van der Waals surface area contributed by atoms with Crippen LogP contribution in [0.15, 0.2) is 103 Å². The molecule has 0 heterocycles. The lowest BCUT2D eigenvalue weighted by molar-refractivity contribution is -0.384. The van der Waals surface area contributed by atoms with Gasteiger partial charge in [-0.2, -0.15) is 0 Å². The van der Waals surface area contributed by atoms with E-state index in [2.05, 4.69) is 10.6 Å². The molecule has 4 aromatic carbocycles. The Hall–Kier alpha value is -4.98. The summed E-state index contributed by atoms with van der Waals surface area (Å²) in [6.45, 7) is 0. The monoisotopic (exact) mass is 453 g/mol. The highest BCUT2D eigenvalue weighted by Gasteiger charge is 2.12. The Morgan fingerprint density at radius 2 is 1.21 bits per heavy atom. The van der Waals surface area contributed by atoms with Crippen molar-refractivity contribution in [2.45, 2.75) is 0 Å². The first-order chi connectivity index (χ1) is 16.5. The normalized spacial score (nSPS) is 10.2. The van der Waals surface area contributed by atoms with Gasteiger partial charge in [0.2, 0.25) is 0 Å². The van der Waals surface area contributed by atoms with Crippen LogP contribution in [0, 0.1) is 10.1 Å². The third kappa shape index (κ3) is 5.63. The Morgan fingerprint density at radius 1 is 0.647 bits per heavy atom. The topological polar surface area (TPSA) is 111 Å². The number of non-ortho nitro benzene ring substituents is 1. The van der Waals surface area contributed by atoms with E-state index in [9.17, 15) is 19.7 Å². The van der Waals surface area contributed by atoms with Crippen molar-refractivity contribution in [2.24, 2.45) is 0 Å². The van der Waals surface area contributed by atoms with Crippen LogP contribution >= 0.6 is 0 Å². The van der Waals surface area contributed by atoms with Crippen molar-refractivity contribution >= 4 is 28.9 Å². The zero-order valence-electron chi connectivity index (χ0n) is 17.8. The molecular formula is C26H19N3O5. The first kappa shape index (κ1) is 22.2. The van der Waals surface area contributed by atoms with E-state index in [0.717, 1.165) is 5.75 Å². The summed E-state index contributed by atoms with van der Waals surface area (Å²) in [5, 5.41) is 16.4. The Balaban J connectivity index is 1.35. The molecule has 0 spiro atoms. The van der Waals surface area contributed by atoms with Crippen LogP contribution < -0.4 is 15.4 Å². The fourth-order valence-electron chi connectivity index (χ4n) is 3.10. The van der Waals surface area contributed by atoms with Gasteiger partial charge < -0.3 is 15.4 Å². The van der Waals surface area contributed by atoms with Crippen molar-refractivity contribution < 1.29 is 19.2 Å². The quantitative estimate of drug-likeness (QED) is 0.268. The maximum absolute atomic E-state index is 12.6. The lowest BCUT2D eigenvalue weighted by Gasteiger charge is -2.09. The molecule has 4 rings (SSSR count). The second-order valence-corrected chi connectivity index (χ2v) is 7.23. The van der Waals surface area contributed by atoms with E-state index >= 15 is 0 Å². The van der Waals surface area contributed by atoms with Crippen LogP contribution in [0.4, 0.5) is 17.1 Å². The van der Waals surface area contributed by atoms with Crippen LogP contribution in [0.2, 0.25) is 0 Å². The molecule has 0 radical (unpaired) electrons. The summed E-state index contributed by atoms with van der Waals surface area (Å²) >= 11 is 0. The molecule has 0 saturated carbocycles. The molecule has 0 aromatic heterocycles. The zero-order chi connectivity index (χ0) is 23.9. The van der Waals surface area contributed by atoms with Gasteiger partial charge in [0.05, 0.1) is 4.92 Å². The second-order valence-electron chi connectivity index (χ2n) is 7.23. The third-order valence-corrected chi connectivity index (χ3v) is 4.82. The minimum absolute atomic E-state index is 0.163. The van der Waals surface area contributed by atoms with Crippen LogP contribution in [0.3, 0.4) is 0 Å². The van der Waals surface area contributed by atoms with Gasteiger partial charge in [0.25, 0.3) is 17.5 Å². The van der Waals surface area contributed by atoms with Gasteiger partial charge in [-0.1, -0.05) is 24.3 Å². The standard InChI is InChI=1S/C26H19N3O5/c30-25(27-21-13-15-24(16-14-21)34-23-7-2-1-3-8-23)18-9-11-20(12-10-18)28-26(31)19-5-4-6-22(17-19)29(32)33/h1-17H,(H,27,30)(H,28,31). The van der Waals surface area contributed by atoms with Crippen LogP contribution in [0.5, 0.6) is 11.5 Å². The number of ether oxygens (including phenoxy) is 1. The summed E-state index contributed by atoms with van der Waals surface area (Å²) in [5.41, 5.74) is 1.46. The number of carbonyl (C=O) groups excluding carboxylic acids is 2. The van der Waals surface area contributed by atoms with Crippen molar-refractivity contribution in [1.29, 1.82) is 0 Å². The number of rotatable bonds is 7. The van der Waals surface area contributed by atoms with Gasteiger partial charge >= 0.3 is 0 Å². The molecule has 2 amide bonds. The fourth-order valence-corrected chi connectivity index (χ4v) is 3.10. The van der Waals surface area contributed by atoms with Crippen LogP contribution in [-0.2, 0) is 0 Å². The predicted octanol–water partition coefficient (Wildman–Crippen LogP) is 5.89. The number of nitrogens with zero attached hydrogens (tertiary/aromatic N) is 1. The third-order valence-electron chi connectivity index (χ3n) is 4.82. The van der Waals surface area contributed by atoms with Crippen LogP contribution in [0.1, 0.15) is 20.7 Å². The number of nitro groups is 1. The van der Waals surface area contributed by atoms with E-state index in [1.54, 1.807) is 48.5 Å². The highest BCUT2D eigenvalue weighted by atomic mass is 16.6. The number of para-hydroxylation sites is 1. The van der Waals surface area contributed by atoms with E-state index in [-0.39, 0.29) is 17.2 Å². The van der Waals surface area contributed by atoms with Crippen molar-refractivity contribution in [3.8, 4) is 11.5 Å². The minimum Gasteiger partial charge on any atom is -0.457 e. The number of nitrogens with one attached hydrogen (secondary N) is 2. The minimum atomic E-state index is -0.561. The van der Waals surface area contributed by atoms with Gasteiger partial charge in [-0.05, 0) is 66.7 Å². The van der Waals surface area contributed by atoms with Gasteiger partial charge in [-0.3, -0.25) is 19.7 Å². The molecule has 8 heteroatoms. The van der Waals surface area contributed by atoms with E-state index < -0.39 is 10.8 Å². The van der Waals surface area contributed by atoms with E-state index in [1.165, 1.54) is 24.3 Å². The molecule has 0 bridgehead atoms. The highest BCUT2D eigenvalue weighted by molar-refractivity contribution is 6.06. The van der Waals surface area contributed by atoms with Gasteiger partial charge in [-0.25, -0.2) is 0 Å². The van der Waals surface area contributed by atoms with Crippen molar-refractivity contribution in [2.75, 3.05) is 10.6 Å². The van der Waals surface area contributed by atoms with E-state index in [4.69, 9.17) is 4.74 Å². The predicted molar refractivity (Wildman–Crippen MR) is 128 cm³/mol. The lowest BCUT2D eigenvalue weighted by Crippen LogP contribution is -2.14. The molecule has 0 aliphatic heterocycles. The van der Waals surface area contributed by atoms with Gasteiger partial charge in [0.1, 0.15) is 11.5 Å².